The van der Waals surface area contributed by atoms with Crippen LogP contribution >= 0.6 is 0 Å². The summed E-state index contributed by atoms with van der Waals surface area (Å²) in [6.07, 6.45) is 0. The number of hydrogen-bond donors (Lipinski definition) is 0. The number of oxazole rings is 1. The lowest BCUT2D eigenvalue weighted by Crippen LogP contribution is -2.15. The Morgan fingerprint density at radius 3 is 1.65 bits per heavy atom. The number of para-hydroxylation sites is 4. The van der Waals surface area contributed by atoms with Crippen LogP contribution in [0.3, 0.4) is 0 Å². The molecule has 0 N–H and O–H groups in total. The molecular weight excluding hydrogens is 562 g/mol. The largest absolute Gasteiger partial charge is 0.436 e. The first-order valence-electron chi connectivity index (χ1n) is 15.6. The van der Waals surface area contributed by atoms with Crippen LogP contribution in [-0.4, -0.2) is 15.0 Å². The molecule has 2 aromatic heterocycles. The van der Waals surface area contributed by atoms with Crippen molar-refractivity contribution in [1.82, 2.24) is 15.0 Å². The topological polar surface area (TPSA) is 51.8 Å². The molecule has 1 aliphatic carbocycles. The molecule has 9 rings (SSSR count). The first kappa shape index (κ1) is 26.5. The van der Waals surface area contributed by atoms with Gasteiger partial charge in [-0.1, -0.05) is 111 Å². The summed E-state index contributed by atoms with van der Waals surface area (Å²) in [4.78, 5) is 15.0. The fraction of sp³-hybridized carbons (Fsp3) is 0.0714. The number of hydrogen-bond acceptors (Lipinski definition) is 4. The summed E-state index contributed by atoms with van der Waals surface area (Å²) in [6, 6.07) is 48.5. The fourth-order valence-electron chi connectivity index (χ4n) is 6.88. The Morgan fingerprint density at radius 1 is 0.435 bits per heavy atom. The summed E-state index contributed by atoms with van der Waals surface area (Å²) in [5, 5.41) is 0. The third-order valence-electron chi connectivity index (χ3n) is 9.34. The molecule has 0 aliphatic heterocycles. The molecule has 0 unspecified atom stereocenters. The van der Waals surface area contributed by atoms with Gasteiger partial charge >= 0.3 is 0 Å². The van der Waals surface area contributed by atoms with Gasteiger partial charge in [0.05, 0.1) is 22.4 Å². The van der Waals surface area contributed by atoms with Crippen molar-refractivity contribution in [1.29, 1.82) is 0 Å². The maximum Gasteiger partial charge on any atom is 0.227 e. The van der Waals surface area contributed by atoms with Crippen molar-refractivity contribution in [3.05, 3.63) is 151 Å². The van der Waals surface area contributed by atoms with Crippen LogP contribution in [0.15, 0.2) is 144 Å². The van der Waals surface area contributed by atoms with Gasteiger partial charge in [-0.05, 0) is 75.8 Å². The van der Waals surface area contributed by atoms with Crippen molar-refractivity contribution in [3.8, 4) is 56.2 Å². The Labute approximate surface area is 267 Å². The first-order chi connectivity index (χ1) is 22.5. The lowest BCUT2D eigenvalue weighted by Gasteiger charge is -2.22. The van der Waals surface area contributed by atoms with E-state index in [-0.39, 0.29) is 5.41 Å². The zero-order valence-corrected chi connectivity index (χ0v) is 25.5. The van der Waals surface area contributed by atoms with Gasteiger partial charge < -0.3 is 4.42 Å². The van der Waals surface area contributed by atoms with Crippen LogP contribution in [0.2, 0.25) is 0 Å². The van der Waals surface area contributed by atoms with E-state index < -0.39 is 0 Å². The fourth-order valence-corrected chi connectivity index (χ4v) is 6.88. The van der Waals surface area contributed by atoms with Crippen LogP contribution in [0, 0.1) is 0 Å². The lowest BCUT2D eigenvalue weighted by molar-refractivity contribution is 0.620. The monoisotopic (exact) mass is 591 g/mol. The van der Waals surface area contributed by atoms with Crippen molar-refractivity contribution in [2.75, 3.05) is 0 Å². The van der Waals surface area contributed by atoms with Gasteiger partial charge in [0.1, 0.15) is 5.52 Å². The molecule has 0 saturated carbocycles. The molecule has 2 heterocycles. The maximum absolute atomic E-state index is 5.97. The number of rotatable bonds is 4. The highest BCUT2D eigenvalue weighted by molar-refractivity contribution is 5.89. The second-order valence-corrected chi connectivity index (χ2v) is 12.5. The van der Waals surface area contributed by atoms with Crippen LogP contribution in [-0.2, 0) is 5.41 Å². The SMILES string of the molecule is CC1(C)c2ccccc2-c2ccc(-c3nc4ccccc4nc3-c3ccc(-c4ccc(-c5nc6ccccc6o5)cc4)cc3)cc21. The third-order valence-corrected chi connectivity index (χ3v) is 9.34. The molecule has 46 heavy (non-hydrogen) atoms. The van der Waals surface area contributed by atoms with Gasteiger partial charge in [0.25, 0.3) is 0 Å². The van der Waals surface area contributed by atoms with Gasteiger partial charge in [0.2, 0.25) is 5.89 Å². The number of benzene rings is 6. The van der Waals surface area contributed by atoms with Gasteiger partial charge in [0, 0.05) is 22.1 Å². The smallest absolute Gasteiger partial charge is 0.227 e. The molecule has 0 radical (unpaired) electrons. The molecule has 0 amide bonds. The van der Waals surface area contributed by atoms with Crippen LogP contribution in [0.1, 0.15) is 25.0 Å². The molecule has 0 spiro atoms. The Kier molecular flexibility index (Phi) is 5.81. The van der Waals surface area contributed by atoms with E-state index in [0.29, 0.717) is 5.89 Å². The molecule has 0 fully saturated rings. The summed E-state index contributed by atoms with van der Waals surface area (Å²) >= 11 is 0. The van der Waals surface area contributed by atoms with Crippen LogP contribution in [0.4, 0.5) is 0 Å². The van der Waals surface area contributed by atoms with Crippen molar-refractivity contribution in [3.63, 3.8) is 0 Å². The van der Waals surface area contributed by atoms with E-state index in [4.69, 9.17) is 14.4 Å². The third kappa shape index (κ3) is 4.18. The standard InChI is InChI=1S/C42H29N3O/c1-42(2)33-10-4-3-9-31(33)32-24-23-30(25-34(32)42)40-39(43-35-11-5-6-12-36(35)44-40)28-19-15-26(16-20-28)27-17-21-29(22-18-27)41-45-37-13-7-8-14-38(37)46-41/h3-25H,1-2H3. The quantitative estimate of drug-likeness (QED) is 0.204. The molecule has 0 bridgehead atoms. The van der Waals surface area contributed by atoms with E-state index in [1.807, 2.05) is 48.5 Å². The molecule has 1 aliphatic rings. The van der Waals surface area contributed by atoms with Crippen molar-refractivity contribution in [2.45, 2.75) is 19.3 Å². The molecule has 0 saturated heterocycles. The Balaban J connectivity index is 1.10. The number of aromatic nitrogens is 3. The van der Waals surface area contributed by atoms with E-state index in [9.17, 15) is 0 Å². The summed E-state index contributed by atoms with van der Waals surface area (Å²) in [5.41, 5.74) is 15.7. The maximum atomic E-state index is 5.97. The van der Waals surface area contributed by atoms with Gasteiger partial charge in [-0.25, -0.2) is 15.0 Å². The minimum Gasteiger partial charge on any atom is -0.436 e. The first-order valence-corrected chi connectivity index (χ1v) is 15.6. The highest BCUT2D eigenvalue weighted by atomic mass is 16.3. The molecule has 6 aromatic carbocycles. The van der Waals surface area contributed by atoms with Gasteiger partial charge in [-0.3, -0.25) is 0 Å². The Bertz CT molecular complexity index is 2400. The summed E-state index contributed by atoms with van der Waals surface area (Å²) in [7, 11) is 0. The normalized spacial score (nSPS) is 13.2. The molecule has 4 heteroatoms. The highest BCUT2D eigenvalue weighted by Crippen LogP contribution is 2.49. The zero-order chi connectivity index (χ0) is 30.8. The molecule has 218 valence electrons. The van der Waals surface area contributed by atoms with Crippen LogP contribution in [0.5, 0.6) is 0 Å². The van der Waals surface area contributed by atoms with Crippen LogP contribution < -0.4 is 0 Å². The average molecular weight is 592 g/mol. The zero-order valence-electron chi connectivity index (χ0n) is 25.5. The minimum absolute atomic E-state index is 0.0932. The van der Waals surface area contributed by atoms with E-state index in [0.717, 1.165) is 61.3 Å². The lowest BCUT2D eigenvalue weighted by atomic mass is 9.81. The Hall–Kier alpha value is -5.87. The minimum atomic E-state index is -0.0932. The van der Waals surface area contributed by atoms with Crippen molar-refractivity contribution in [2.24, 2.45) is 0 Å². The molecular formula is C42H29N3O. The second kappa shape index (κ2) is 10.1. The predicted molar refractivity (Wildman–Crippen MR) is 186 cm³/mol. The Morgan fingerprint density at radius 2 is 0.957 bits per heavy atom. The van der Waals surface area contributed by atoms with Gasteiger partial charge in [-0.15, -0.1) is 0 Å². The van der Waals surface area contributed by atoms with E-state index in [2.05, 4.69) is 110 Å². The van der Waals surface area contributed by atoms with Gasteiger partial charge in [0.15, 0.2) is 5.58 Å². The number of nitrogens with zero attached hydrogens (tertiary/aromatic N) is 3. The van der Waals surface area contributed by atoms with Gasteiger partial charge in [-0.2, -0.15) is 0 Å². The van der Waals surface area contributed by atoms with Crippen molar-refractivity contribution < 1.29 is 4.42 Å². The summed E-state index contributed by atoms with van der Waals surface area (Å²) in [6.45, 7) is 4.62. The molecule has 0 atom stereocenters. The molecule has 4 nitrogen and oxygen atoms in total. The highest BCUT2D eigenvalue weighted by Gasteiger charge is 2.35. The van der Waals surface area contributed by atoms with Crippen molar-refractivity contribution >= 4 is 22.1 Å². The van der Waals surface area contributed by atoms with E-state index in [1.165, 1.54) is 22.3 Å². The number of fused-ring (bicyclic) bond motifs is 5. The second-order valence-electron chi connectivity index (χ2n) is 12.5. The van der Waals surface area contributed by atoms with E-state index in [1.54, 1.807) is 0 Å². The predicted octanol–water partition coefficient (Wildman–Crippen LogP) is 10.7. The molecule has 8 aromatic rings. The van der Waals surface area contributed by atoms with E-state index >= 15 is 0 Å². The van der Waals surface area contributed by atoms with Crippen LogP contribution in [0.25, 0.3) is 78.4 Å². The summed E-state index contributed by atoms with van der Waals surface area (Å²) in [5.74, 6) is 0.629. The average Bonchev–Trinajstić information content (AvgIpc) is 3.64. The summed E-state index contributed by atoms with van der Waals surface area (Å²) < 4.78 is 5.97.